The summed E-state index contributed by atoms with van der Waals surface area (Å²) in [5, 5.41) is 4.55. The Bertz CT molecular complexity index is 1020. The van der Waals surface area contributed by atoms with E-state index in [0.717, 1.165) is 30.2 Å². The Hall–Kier alpha value is -3.09. The summed E-state index contributed by atoms with van der Waals surface area (Å²) in [6.45, 7) is 2.39. The summed E-state index contributed by atoms with van der Waals surface area (Å²) < 4.78 is 1.58. The molecule has 7 nitrogen and oxygen atoms in total. The van der Waals surface area contributed by atoms with E-state index < -0.39 is 0 Å². The second-order valence-electron chi connectivity index (χ2n) is 7.67. The highest BCUT2D eigenvalue weighted by atomic mass is 16.1. The first-order chi connectivity index (χ1) is 13.8. The maximum absolute atomic E-state index is 12.2. The predicted molar refractivity (Wildman–Crippen MR) is 106 cm³/mol. The van der Waals surface area contributed by atoms with Crippen LogP contribution in [0.4, 0.5) is 5.82 Å². The monoisotopic (exact) mass is 374 g/mol. The van der Waals surface area contributed by atoms with E-state index in [2.05, 4.69) is 31.0 Å². The van der Waals surface area contributed by atoms with E-state index in [1.54, 1.807) is 35.5 Å². The fourth-order valence-corrected chi connectivity index (χ4v) is 3.84. The largest absolute Gasteiger partial charge is 0.356 e. The van der Waals surface area contributed by atoms with Gasteiger partial charge in [-0.15, -0.1) is 0 Å². The predicted octanol–water partition coefficient (Wildman–Crippen LogP) is 2.50. The van der Waals surface area contributed by atoms with E-state index in [1.807, 2.05) is 12.1 Å². The average Bonchev–Trinajstić information content (AvgIpc) is 2.65. The van der Waals surface area contributed by atoms with E-state index in [9.17, 15) is 4.79 Å². The zero-order valence-corrected chi connectivity index (χ0v) is 15.6. The molecule has 0 aromatic carbocycles. The van der Waals surface area contributed by atoms with Crippen LogP contribution in [0.15, 0.2) is 53.8 Å². The fourth-order valence-electron chi connectivity index (χ4n) is 3.84. The summed E-state index contributed by atoms with van der Waals surface area (Å²) in [6.07, 6.45) is 8.92. The molecule has 0 bridgehead atoms. The van der Waals surface area contributed by atoms with Crippen molar-refractivity contribution in [2.75, 3.05) is 18.0 Å². The van der Waals surface area contributed by atoms with Gasteiger partial charge in [-0.2, -0.15) is 5.10 Å². The lowest BCUT2D eigenvalue weighted by Crippen LogP contribution is -2.50. The summed E-state index contributed by atoms with van der Waals surface area (Å²) >= 11 is 0. The van der Waals surface area contributed by atoms with Crippen molar-refractivity contribution in [1.29, 1.82) is 0 Å². The Morgan fingerprint density at radius 2 is 1.86 bits per heavy atom. The molecule has 0 spiro atoms. The van der Waals surface area contributed by atoms with Gasteiger partial charge in [0.2, 0.25) is 0 Å². The second kappa shape index (κ2) is 7.14. The Balaban J connectivity index is 1.26. The molecular formula is C21H22N6O. The minimum atomic E-state index is -0.0643. The molecule has 0 radical (unpaired) electrons. The maximum Gasteiger partial charge on any atom is 0.266 e. The number of rotatable bonds is 5. The van der Waals surface area contributed by atoms with Crippen LogP contribution in [0, 0.1) is 5.92 Å². The molecule has 0 amide bonds. The first-order valence-corrected chi connectivity index (χ1v) is 9.82. The number of hydrogen-bond donors (Lipinski definition) is 0. The van der Waals surface area contributed by atoms with E-state index in [4.69, 9.17) is 0 Å². The van der Waals surface area contributed by atoms with Crippen LogP contribution in [0.3, 0.4) is 0 Å². The zero-order valence-electron chi connectivity index (χ0n) is 15.6. The molecule has 3 aromatic rings. The lowest BCUT2D eigenvalue weighted by atomic mass is 9.83. The Kier molecular flexibility index (Phi) is 4.35. The Morgan fingerprint density at radius 3 is 2.61 bits per heavy atom. The van der Waals surface area contributed by atoms with Crippen LogP contribution in [-0.2, 0) is 6.54 Å². The standard InChI is InChI=1S/C21H22N6O/c28-21-5-4-18(17-6-8-22-9-7-17)25-27(21)13-15-11-26(12-15)20-10-19(23-14-24-20)16-2-1-3-16/h4-10,14-16H,1-3,11-13H2. The molecule has 28 heavy (non-hydrogen) atoms. The van der Waals surface area contributed by atoms with Gasteiger partial charge in [-0.05, 0) is 31.0 Å². The highest BCUT2D eigenvalue weighted by Gasteiger charge is 2.30. The number of pyridine rings is 1. The van der Waals surface area contributed by atoms with Gasteiger partial charge in [-0.25, -0.2) is 14.6 Å². The van der Waals surface area contributed by atoms with Gasteiger partial charge in [0.1, 0.15) is 12.1 Å². The third-order valence-electron chi connectivity index (χ3n) is 5.75. The Labute approximate surface area is 163 Å². The van der Waals surface area contributed by atoms with Crippen molar-refractivity contribution in [2.45, 2.75) is 31.7 Å². The normalized spacial score (nSPS) is 17.2. The fraction of sp³-hybridized carbons (Fsp3) is 0.381. The molecule has 3 aromatic heterocycles. The van der Waals surface area contributed by atoms with Crippen LogP contribution in [0.5, 0.6) is 0 Å². The van der Waals surface area contributed by atoms with Gasteiger partial charge < -0.3 is 4.90 Å². The van der Waals surface area contributed by atoms with Gasteiger partial charge in [0, 0.05) is 60.7 Å². The second-order valence-corrected chi connectivity index (χ2v) is 7.67. The topological polar surface area (TPSA) is 76.8 Å². The van der Waals surface area contributed by atoms with Gasteiger partial charge in [0.25, 0.3) is 5.56 Å². The molecule has 4 heterocycles. The highest BCUT2D eigenvalue weighted by molar-refractivity contribution is 5.57. The molecule has 5 rings (SSSR count). The molecule has 0 unspecified atom stereocenters. The molecule has 2 fully saturated rings. The van der Waals surface area contributed by atoms with Crippen molar-refractivity contribution in [3.8, 4) is 11.3 Å². The third kappa shape index (κ3) is 3.28. The van der Waals surface area contributed by atoms with E-state index in [1.165, 1.54) is 25.0 Å². The van der Waals surface area contributed by atoms with Crippen molar-refractivity contribution in [3.05, 3.63) is 65.1 Å². The van der Waals surface area contributed by atoms with Crippen molar-refractivity contribution >= 4 is 5.82 Å². The first kappa shape index (κ1) is 17.0. The molecular weight excluding hydrogens is 352 g/mol. The Morgan fingerprint density at radius 1 is 1.04 bits per heavy atom. The molecule has 142 valence electrons. The number of anilines is 1. The maximum atomic E-state index is 12.2. The summed E-state index contributed by atoms with van der Waals surface area (Å²) in [5.74, 6) is 2.00. The van der Waals surface area contributed by atoms with Crippen molar-refractivity contribution < 1.29 is 0 Å². The lowest BCUT2D eigenvalue weighted by Gasteiger charge is -2.40. The van der Waals surface area contributed by atoms with Crippen LogP contribution in [0.2, 0.25) is 0 Å². The SMILES string of the molecule is O=c1ccc(-c2ccncc2)nn1CC1CN(c2cc(C3CCC3)ncn2)C1. The molecule has 1 aliphatic carbocycles. The van der Waals surface area contributed by atoms with Gasteiger partial charge in [0.15, 0.2) is 0 Å². The molecule has 2 aliphatic rings. The molecule has 7 heteroatoms. The highest BCUT2D eigenvalue weighted by Crippen LogP contribution is 2.36. The minimum Gasteiger partial charge on any atom is -0.356 e. The van der Waals surface area contributed by atoms with Gasteiger partial charge in [-0.1, -0.05) is 6.42 Å². The average molecular weight is 374 g/mol. The molecule has 1 saturated heterocycles. The summed E-state index contributed by atoms with van der Waals surface area (Å²) in [5.41, 5.74) is 2.86. The van der Waals surface area contributed by atoms with Crippen LogP contribution in [-0.4, -0.2) is 37.8 Å². The van der Waals surface area contributed by atoms with Crippen molar-refractivity contribution in [1.82, 2.24) is 24.7 Å². The molecule has 0 atom stereocenters. The summed E-state index contributed by atoms with van der Waals surface area (Å²) in [4.78, 5) is 27.4. The van der Waals surface area contributed by atoms with Gasteiger partial charge in [-0.3, -0.25) is 9.78 Å². The first-order valence-electron chi connectivity index (χ1n) is 9.82. The van der Waals surface area contributed by atoms with Crippen molar-refractivity contribution in [2.24, 2.45) is 5.92 Å². The third-order valence-corrected chi connectivity index (χ3v) is 5.75. The van der Waals surface area contributed by atoms with E-state index in [-0.39, 0.29) is 5.56 Å². The van der Waals surface area contributed by atoms with Crippen LogP contribution in [0.25, 0.3) is 11.3 Å². The lowest BCUT2D eigenvalue weighted by molar-refractivity contribution is 0.333. The van der Waals surface area contributed by atoms with Crippen LogP contribution in [0.1, 0.15) is 30.9 Å². The van der Waals surface area contributed by atoms with Crippen LogP contribution < -0.4 is 10.5 Å². The number of hydrogen-bond acceptors (Lipinski definition) is 6. The van der Waals surface area contributed by atoms with Crippen LogP contribution >= 0.6 is 0 Å². The smallest absolute Gasteiger partial charge is 0.266 e. The summed E-state index contributed by atoms with van der Waals surface area (Å²) in [7, 11) is 0. The molecule has 1 aliphatic heterocycles. The van der Waals surface area contributed by atoms with Gasteiger partial charge >= 0.3 is 0 Å². The zero-order chi connectivity index (χ0) is 18.9. The number of aromatic nitrogens is 5. The van der Waals surface area contributed by atoms with Crippen molar-refractivity contribution in [3.63, 3.8) is 0 Å². The quantitative estimate of drug-likeness (QED) is 0.683. The van der Waals surface area contributed by atoms with E-state index in [0.29, 0.717) is 18.4 Å². The van der Waals surface area contributed by atoms with E-state index >= 15 is 0 Å². The van der Waals surface area contributed by atoms with Gasteiger partial charge in [0.05, 0.1) is 12.2 Å². The summed E-state index contributed by atoms with van der Waals surface area (Å²) in [6, 6.07) is 9.29. The molecule has 1 saturated carbocycles. The number of nitrogens with zero attached hydrogens (tertiary/aromatic N) is 6. The minimum absolute atomic E-state index is 0.0643. The molecule has 0 N–H and O–H groups in total.